The minimum Gasteiger partial charge on any atom is -0.352 e. The van der Waals surface area contributed by atoms with Gasteiger partial charge in [-0.25, -0.2) is 0 Å². The van der Waals surface area contributed by atoms with Gasteiger partial charge in [0.05, 0.1) is 5.56 Å². The Hall–Kier alpha value is -1.29. The first kappa shape index (κ1) is 18.5. The number of likely N-dealkylation sites (tertiary alicyclic amines) is 1. The number of piperidine rings is 1. The van der Waals surface area contributed by atoms with E-state index in [4.69, 9.17) is 0 Å². The lowest BCUT2D eigenvalue weighted by Crippen LogP contribution is -2.33. The molecule has 0 unspecified atom stereocenters. The van der Waals surface area contributed by atoms with Crippen molar-refractivity contribution in [3.05, 3.63) is 23.0 Å². The summed E-state index contributed by atoms with van der Waals surface area (Å²) >= 11 is 0. The zero-order chi connectivity index (χ0) is 17.6. The van der Waals surface area contributed by atoms with Crippen LogP contribution in [0.15, 0.2) is 6.07 Å². The summed E-state index contributed by atoms with van der Waals surface area (Å²) in [5.74, 6) is 0.105. The summed E-state index contributed by atoms with van der Waals surface area (Å²) < 4.78 is 2.42. The summed E-state index contributed by atoms with van der Waals surface area (Å²) in [6, 6.07) is 2.68. The second-order valence-electron chi connectivity index (χ2n) is 7.96. The third-order valence-corrected chi connectivity index (χ3v) is 6.05. The monoisotopic (exact) mass is 345 g/mol. The van der Waals surface area contributed by atoms with Gasteiger partial charge in [0.1, 0.15) is 0 Å². The van der Waals surface area contributed by atoms with E-state index in [0.717, 1.165) is 30.8 Å². The standard InChI is InChI=1S/C21H35N3O/c1-17-16-20(18(2)24(17)19-10-5-3-6-11-19)21(25)22-12-9-15-23-13-7-4-8-14-23/h16,19H,3-15H2,1-2H3,(H,22,25). The molecule has 1 saturated heterocycles. The van der Waals surface area contributed by atoms with Crippen LogP contribution in [-0.4, -0.2) is 41.6 Å². The second kappa shape index (κ2) is 8.88. The lowest BCUT2D eigenvalue weighted by molar-refractivity contribution is 0.0950. The van der Waals surface area contributed by atoms with Crippen molar-refractivity contribution < 1.29 is 4.79 Å². The van der Waals surface area contributed by atoms with Crippen molar-refractivity contribution in [3.63, 3.8) is 0 Å². The quantitative estimate of drug-likeness (QED) is 0.784. The number of hydrogen-bond donors (Lipinski definition) is 1. The molecule has 1 aliphatic carbocycles. The van der Waals surface area contributed by atoms with E-state index in [1.54, 1.807) is 0 Å². The van der Waals surface area contributed by atoms with Crippen molar-refractivity contribution >= 4 is 5.91 Å². The highest BCUT2D eigenvalue weighted by molar-refractivity contribution is 5.95. The first-order valence-electron chi connectivity index (χ1n) is 10.4. The van der Waals surface area contributed by atoms with Crippen LogP contribution in [0.4, 0.5) is 0 Å². The molecule has 25 heavy (non-hydrogen) atoms. The molecular formula is C21H35N3O. The number of hydrogen-bond acceptors (Lipinski definition) is 2. The van der Waals surface area contributed by atoms with Crippen LogP contribution < -0.4 is 5.32 Å². The summed E-state index contributed by atoms with van der Waals surface area (Å²) in [4.78, 5) is 15.2. The van der Waals surface area contributed by atoms with Gasteiger partial charge in [-0.15, -0.1) is 0 Å². The average molecular weight is 346 g/mol. The molecule has 0 radical (unpaired) electrons. The van der Waals surface area contributed by atoms with Crippen molar-refractivity contribution in [2.75, 3.05) is 26.2 Å². The van der Waals surface area contributed by atoms with Crippen LogP contribution in [0.2, 0.25) is 0 Å². The second-order valence-corrected chi connectivity index (χ2v) is 7.96. The van der Waals surface area contributed by atoms with Crippen molar-refractivity contribution in [1.29, 1.82) is 0 Å². The van der Waals surface area contributed by atoms with Crippen molar-refractivity contribution in [2.24, 2.45) is 0 Å². The Morgan fingerprint density at radius 3 is 2.48 bits per heavy atom. The normalized spacial score (nSPS) is 19.9. The smallest absolute Gasteiger partial charge is 0.253 e. The Balaban J connectivity index is 1.51. The van der Waals surface area contributed by atoms with Crippen LogP contribution in [0.3, 0.4) is 0 Å². The molecule has 1 aromatic rings. The van der Waals surface area contributed by atoms with Crippen LogP contribution >= 0.6 is 0 Å². The third-order valence-electron chi connectivity index (χ3n) is 6.05. The Kier molecular flexibility index (Phi) is 6.57. The maximum atomic E-state index is 12.6. The minimum atomic E-state index is 0.105. The molecule has 2 fully saturated rings. The fraction of sp³-hybridized carbons (Fsp3) is 0.762. The van der Waals surface area contributed by atoms with Gasteiger partial charge >= 0.3 is 0 Å². The Labute approximate surface area is 153 Å². The molecule has 1 saturated carbocycles. The topological polar surface area (TPSA) is 37.3 Å². The zero-order valence-corrected chi connectivity index (χ0v) is 16.1. The van der Waals surface area contributed by atoms with Gasteiger partial charge in [-0.05, 0) is 71.7 Å². The number of rotatable bonds is 6. The van der Waals surface area contributed by atoms with Gasteiger partial charge in [-0.3, -0.25) is 4.79 Å². The first-order chi connectivity index (χ1) is 12.2. The molecule has 140 valence electrons. The molecule has 2 heterocycles. The number of amides is 1. The van der Waals surface area contributed by atoms with Gasteiger partial charge in [0.25, 0.3) is 5.91 Å². The van der Waals surface area contributed by atoms with E-state index in [0.29, 0.717) is 6.04 Å². The van der Waals surface area contributed by atoms with Crippen LogP contribution in [0.5, 0.6) is 0 Å². The van der Waals surface area contributed by atoms with E-state index >= 15 is 0 Å². The van der Waals surface area contributed by atoms with Crippen molar-refractivity contribution in [2.45, 2.75) is 77.7 Å². The molecule has 0 spiro atoms. The molecule has 3 rings (SSSR count). The summed E-state index contributed by atoms with van der Waals surface area (Å²) in [6.45, 7) is 8.62. The van der Waals surface area contributed by atoms with Crippen LogP contribution in [0.25, 0.3) is 0 Å². The van der Waals surface area contributed by atoms with E-state index in [2.05, 4.69) is 34.7 Å². The van der Waals surface area contributed by atoms with Crippen LogP contribution in [0, 0.1) is 13.8 Å². The fourth-order valence-corrected chi connectivity index (χ4v) is 4.69. The molecule has 1 N–H and O–H groups in total. The highest BCUT2D eigenvalue weighted by Crippen LogP contribution is 2.32. The average Bonchev–Trinajstić information content (AvgIpc) is 2.94. The minimum absolute atomic E-state index is 0.105. The molecule has 0 aromatic carbocycles. The molecule has 1 aromatic heterocycles. The molecule has 0 atom stereocenters. The lowest BCUT2D eigenvalue weighted by atomic mass is 9.95. The highest BCUT2D eigenvalue weighted by atomic mass is 16.1. The maximum absolute atomic E-state index is 12.6. The van der Waals surface area contributed by atoms with Gasteiger partial charge < -0.3 is 14.8 Å². The molecule has 1 aliphatic heterocycles. The zero-order valence-electron chi connectivity index (χ0n) is 16.1. The maximum Gasteiger partial charge on any atom is 0.253 e. The third kappa shape index (κ3) is 4.66. The van der Waals surface area contributed by atoms with Crippen molar-refractivity contribution in [1.82, 2.24) is 14.8 Å². The van der Waals surface area contributed by atoms with E-state index in [-0.39, 0.29) is 5.91 Å². The Bertz CT molecular complexity index is 566. The van der Waals surface area contributed by atoms with Gasteiger partial charge in [-0.1, -0.05) is 25.7 Å². The SMILES string of the molecule is Cc1cc(C(=O)NCCCN2CCCCC2)c(C)n1C1CCCCC1. The molecule has 4 nitrogen and oxygen atoms in total. The summed E-state index contributed by atoms with van der Waals surface area (Å²) in [5, 5.41) is 3.14. The van der Waals surface area contributed by atoms with Gasteiger partial charge in [0.15, 0.2) is 0 Å². The van der Waals surface area contributed by atoms with Crippen LogP contribution in [-0.2, 0) is 0 Å². The summed E-state index contributed by atoms with van der Waals surface area (Å²) in [5.41, 5.74) is 3.27. The van der Waals surface area contributed by atoms with Crippen LogP contribution in [0.1, 0.15) is 85.6 Å². The molecule has 0 bridgehead atoms. The number of aryl methyl sites for hydroxylation is 1. The Morgan fingerprint density at radius 1 is 1.08 bits per heavy atom. The fourth-order valence-electron chi connectivity index (χ4n) is 4.69. The van der Waals surface area contributed by atoms with Gasteiger partial charge in [0.2, 0.25) is 0 Å². The molecule has 4 heteroatoms. The predicted molar refractivity (Wildman–Crippen MR) is 103 cm³/mol. The van der Waals surface area contributed by atoms with E-state index < -0.39 is 0 Å². The summed E-state index contributed by atoms with van der Waals surface area (Å²) in [7, 11) is 0. The van der Waals surface area contributed by atoms with Crippen molar-refractivity contribution in [3.8, 4) is 0 Å². The summed E-state index contributed by atoms with van der Waals surface area (Å²) in [6.07, 6.45) is 11.6. The number of nitrogens with zero attached hydrogens (tertiary/aromatic N) is 2. The van der Waals surface area contributed by atoms with E-state index in [1.165, 1.54) is 70.2 Å². The first-order valence-corrected chi connectivity index (χ1v) is 10.4. The largest absolute Gasteiger partial charge is 0.352 e. The van der Waals surface area contributed by atoms with E-state index in [9.17, 15) is 4.79 Å². The van der Waals surface area contributed by atoms with E-state index in [1.807, 2.05) is 0 Å². The number of carbonyl (C=O) groups is 1. The van der Waals surface area contributed by atoms with Gasteiger partial charge in [0, 0.05) is 24.0 Å². The molecule has 2 aliphatic rings. The number of carbonyl (C=O) groups excluding carboxylic acids is 1. The van der Waals surface area contributed by atoms with Gasteiger partial charge in [-0.2, -0.15) is 0 Å². The lowest BCUT2D eigenvalue weighted by Gasteiger charge is -2.26. The number of aromatic nitrogens is 1. The predicted octanol–water partition coefficient (Wildman–Crippen LogP) is 4.22. The molecule has 1 amide bonds. The Morgan fingerprint density at radius 2 is 1.76 bits per heavy atom. The number of nitrogens with one attached hydrogen (secondary N) is 1. The molecular weight excluding hydrogens is 310 g/mol. The highest BCUT2D eigenvalue weighted by Gasteiger charge is 2.22.